The first-order chi connectivity index (χ1) is 11.7. The number of aromatic nitrogens is 3. The van der Waals surface area contributed by atoms with Gasteiger partial charge in [-0.05, 0) is 37.0 Å². The van der Waals surface area contributed by atoms with E-state index in [1.54, 1.807) is 24.8 Å². The number of carbonyl (C=O) groups is 1. The van der Waals surface area contributed by atoms with Crippen LogP contribution in [0.25, 0.3) is 0 Å². The minimum Gasteiger partial charge on any atom is -0.349 e. The molecule has 0 saturated heterocycles. The van der Waals surface area contributed by atoms with Crippen LogP contribution in [0.5, 0.6) is 0 Å². The number of nitrogens with one attached hydrogen (secondary N) is 1. The highest BCUT2D eigenvalue weighted by Gasteiger charge is 2.18. The Balaban J connectivity index is 1.54. The van der Waals surface area contributed by atoms with E-state index in [-0.39, 0.29) is 5.91 Å². The smallest absolute Gasteiger partial charge is 0.254 e. The van der Waals surface area contributed by atoms with Gasteiger partial charge in [-0.15, -0.1) is 0 Å². The molecule has 1 amide bonds. The zero-order chi connectivity index (χ0) is 16.8. The molecule has 1 aliphatic carbocycles. The van der Waals surface area contributed by atoms with E-state index >= 15 is 0 Å². The van der Waals surface area contributed by atoms with Gasteiger partial charge in [0, 0.05) is 44.4 Å². The quantitative estimate of drug-likeness (QED) is 0.882. The van der Waals surface area contributed by atoms with Crippen LogP contribution in [0.15, 0.2) is 36.9 Å². The summed E-state index contributed by atoms with van der Waals surface area (Å²) in [5.41, 5.74) is 1.75. The van der Waals surface area contributed by atoms with Crippen LogP contribution in [-0.4, -0.2) is 40.5 Å². The molecule has 0 aliphatic heterocycles. The number of hydrogen-bond donors (Lipinski definition) is 1. The average Bonchev–Trinajstić information content (AvgIpc) is 3.13. The fourth-order valence-electron chi connectivity index (χ4n) is 2.92. The summed E-state index contributed by atoms with van der Waals surface area (Å²) in [5, 5.41) is 3.05. The summed E-state index contributed by atoms with van der Waals surface area (Å²) in [6.45, 7) is 0.803. The number of nitrogens with zero attached hydrogens (tertiary/aromatic N) is 4. The second-order valence-corrected chi connectivity index (χ2v) is 6.25. The van der Waals surface area contributed by atoms with Crippen molar-refractivity contribution >= 4 is 11.9 Å². The van der Waals surface area contributed by atoms with Gasteiger partial charge in [-0.1, -0.05) is 12.8 Å². The van der Waals surface area contributed by atoms with Crippen molar-refractivity contribution in [1.82, 2.24) is 20.3 Å². The molecule has 0 radical (unpaired) electrons. The van der Waals surface area contributed by atoms with Gasteiger partial charge in [0.25, 0.3) is 5.91 Å². The molecule has 6 nitrogen and oxygen atoms in total. The minimum absolute atomic E-state index is 0.0760. The molecular formula is C18H23N5O. The van der Waals surface area contributed by atoms with E-state index in [2.05, 4.69) is 20.3 Å². The molecule has 126 valence electrons. The molecule has 2 heterocycles. The van der Waals surface area contributed by atoms with Gasteiger partial charge in [0.2, 0.25) is 5.95 Å². The van der Waals surface area contributed by atoms with Crippen molar-refractivity contribution in [2.75, 3.05) is 18.5 Å². The lowest BCUT2D eigenvalue weighted by atomic mass is 10.2. The molecule has 1 N–H and O–H groups in total. The third kappa shape index (κ3) is 4.28. The lowest BCUT2D eigenvalue weighted by Gasteiger charge is -2.17. The number of amides is 1. The SMILES string of the molecule is CN(CCc1ccncc1)c1ncc(C(=O)NC2CCCC2)cn1. The van der Waals surface area contributed by atoms with Crippen LogP contribution in [0.3, 0.4) is 0 Å². The second-order valence-electron chi connectivity index (χ2n) is 6.25. The molecule has 0 spiro atoms. The third-order valence-corrected chi connectivity index (χ3v) is 4.42. The lowest BCUT2D eigenvalue weighted by Crippen LogP contribution is -2.32. The van der Waals surface area contributed by atoms with E-state index in [9.17, 15) is 4.79 Å². The van der Waals surface area contributed by atoms with Crippen molar-refractivity contribution in [2.24, 2.45) is 0 Å². The summed E-state index contributed by atoms with van der Waals surface area (Å²) >= 11 is 0. The van der Waals surface area contributed by atoms with Crippen LogP contribution in [0.1, 0.15) is 41.6 Å². The first kappa shape index (κ1) is 16.4. The molecule has 24 heavy (non-hydrogen) atoms. The van der Waals surface area contributed by atoms with Crippen LogP contribution in [-0.2, 0) is 6.42 Å². The van der Waals surface area contributed by atoms with E-state index in [1.165, 1.54) is 18.4 Å². The standard InChI is InChI=1S/C18H23N5O/c1-23(11-8-14-6-9-19-10-7-14)18-20-12-15(13-21-18)17(24)22-16-4-2-3-5-16/h6-7,9-10,12-13,16H,2-5,8,11H2,1H3,(H,22,24). The number of anilines is 1. The summed E-state index contributed by atoms with van der Waals surface area (Å²) in [5.74, 6) is 0.550. The highest BCUT2D eigenvalue weighted by atomic mass is 16.1. The molecule has 0 atom stereocenters. The number of carbonyl (C=O) groups excluding carboxylic acids is 1. The largest absolute Gasteiger partial charge is 0.349 e. The maximum atomic E-state index is 12.2. The molecule has 3 rings (SSSR count). The fourth-order valence-corrected chi connectivity index (χ4v) is 2.92. The fraction of sp³-hybridized carbons (Fsp3) is 0.444. The highest BCUT2D eigenvalue weighted by Crippen LogP contribution is 2.18. The van der Waals surface area contributed by atoms with Gasteiger partial charge in [0.05, 0.1) is 5.56 Å². The zero-order valence-electron chi connectivity index (χ0n) is 14.0. The molecule has 2 aromatic heterocycles. The Morgan fingerprint density at radius 2 is 1.88 bits per heavy atom. The Morgan fingerprint density at radius 1 is 1.21 bits per heavy atom. The van der Waals surface area contributed by atoms with Crippen LogP contribution in [0.4, 0.5) is 5.95 Å². The first-order valence-electron chi connectivity index (χ1n) is 8.45. The zero-order valence-corrected chi connectivity index (χ0v) is 14.0. The molecule has 6 heteroatoms. The average molecular weight is 325 g/mol. The van der Waals surface area contributed by atoms with Crippen molar-refractivity contribution in [1.29, 1.82) is 0 Å². The van der Waals surface area contributed by atoms with Gasteiger partial charge in [-0.25, -0.2) is 9.97 Å². The Morgan fingerprint density at radius 3 is 2.54 bits per heavy atom. The Hall–Kier alpha value is -2.50. The van der Waals surface area contributed by atoms with E-state index in [0.29, 0.717) is 17.6 Å². The Kier molecular flexibility index (Phi) is 5.36. The molecule has 0 unspecified atom stereocenters. The summed E-state index contributed by atoms with van der Waals surface area (Å²) in [4.78, 5) is 26.8. The monoisotopic (exact) mass is 325 g/mol. The third-order valence-electron chi connectivity index (χ3n) is 4.42. The summed E-state index contributed by atoms with van der Waals surface area (Å²) in [6.07, 6.45) is 12.2. The Labute approximate surface area is 142 Å². The van der Waals surface area contributed by atoms with Crippen LogP contribution in [0, 0.1) is 0 Å². The van der Waals surface area contributed by atoms with Gasteiger partial charge in [-0.3, -0.25) is 9.78 Å². The van der Waals surface area contributed by atoms with Crippen molar-refractivity contribution in [3.05, 3.63) is 48.0 Å². The topological polar surface area (TPSA) is 71.0 Å². The van der Waals surface area contributed by atoms with Crippen LogP contribution < -0.4 is 10.2 Å². The lowest BCUT2D eigenvalue weighted by molar-refractivity contribution is 0.0937. The van der Waals surface area contributed by atoms with E-state index in [1.807, 2.05) is 24.1 Å². The van der Waals surface area contributed by atoms with Crippen LogP contribution in [0.2, 0.25) is 0 Å². The van der Waals surface area contributed by atoms with Gasteiger partial charge >= 0.3 is 0 Å². The normalized spacial score (nSPS) is 14.5. The van der Waals surface area contributed by atoms with Gasteiger partial charge < -0.3 is 10.2 Å². The molecule has 1 aliphatic rings. The highest BCUT2D eigenvalue weighted by molar-refractivity contribution is 5.93. The van der Waals surface area contributed by atoms with Crippen molar-refractivity contribution in [3.63, 3.8) is 0 Å². The van der Waals surface area contributed by atoms with E-state index < -0.39 is 0 Å². The van der Waals surface area contributed by atoms with E-state index in [0.717, 1.165) is 25.8 Å². The predicted octanol–water partition coefficient (Wildman–Crippen LogP) is 2.22. The molecule has 0 aromatic carbocycles. The second kappa shape index (κ2) is 7.86. The Bertz CT molecular complexity index is 653. The predicted molar refractivity (Wildman–Crippen MR) is 93.0 cm³/mol. The number of hydrogen-bond acceptors (Lipinski definition) is 5. The van der Waals surface area contributed by atoms with Crippen LogP contribution >= 0.6 is 0 Å². The van der Waals surface area contributed by atoms with Gasteiger partial charge in [0.15, 0.2) is 0 Å². The maximum absolute atomic E-state index is 12.2. The molecule has 0 bridgehead atoms. The summed E-state index contributed by atoms with van der Waals surface area (Å²) in [6, 6.07) is 4.32. The number of rotatable bonds is 6. The van der Waals surface area contributed by atoms with Gasteiger partial charge in [0.1, 0.15) is 0 Å². The van der Waals surface area contributed by atoms with Gasteiger partial charge in [-0.2, -0.15) is 0 Å². The first-order valence-corrected chi connectivity index (χ1v) is 8.45. The summed E-state index contributed by atoms with van der Waals surface area (Å²) < 4.78 is 0. The van der Waals surface area contributed by atoms with E-state index in [4.69, 9.17) is 0 Å². The molecular weight excluding hydrogens is 302 g/mol. The maximum Gasteiger partial charge on any atom is 0.254 e. The van der Waals surface area contributed by atoms with Crippen molar-refractivity contribution in [3.8, 4) is 0 Å². The number of pyridine rings is 1. The van der Waals surface area contributed by atoms with Crippen molar-refractivity contribution in [2.45, 2.75) is 38.1 Å². The number of likely N-dealkylation sites (N-methyl/N-ethyl adjacent to an activating group) is 1. The van der Waals surface area contributed by atoms with Crippen molar-refractivity contribution < 1.29 is 4.79 Å². The minimum atomic E-state index is -0.0760. The molecule has 1 saturated carbocycles. The molecule has 1 fully saturated rings. The summed E-state index contributed by atoms with van der Waals surface area (Å²) in [7, 11) is 1.95. The molecule has 2 aromatic rings.